The summed E-state index contributed by atoms with van der Waals surface area (Å²) in [6.45, 7) is 0.481. The topological polar surface area (TPSA) is 33.2 Å². The normalized spacial score (nSPS) is 11.4. The molecule has 25 heavy (non-hydrogen) atoms. The molecule has 0 aliphatic heterocycles. The zero-order chi connectivity index (χ0) is 18.4. The first-order chi connectivity index (χ1) is 11.8. The standard InChI is InChI=1S/C17H17F3N2OS2/c1-22(10-12-3-6-14(24-2)7-4-12)16(23)11-25-15-8-5-13(9-21-15)17(18,19)20/h3-9H,10-11H2,1-2H3. The van der Waals surface area contributed by atoms with Gasteiger partial charge in [-0.2, -0.15) is 13.2 Å². The number of hydrogen-bond acceptors (Lipinski definition) is 4. The summed E-state index contributed by atoms with van der Waals surface area (Å²) < 4.78 is 37.5. The van der Waals surface area contributed by atoms with E-state index in [1.54, 1.807) is 23.7 Å². The first kappa shape index (κ1) is 19.7. The maximum Gasteiger partial charge on any atom is 0.417 e. The molecule has 0 bridgehead atoms. The molecule has 0 aliphatic rings. The molecule has 0 saturated heterocycles. The van der Waals surface area contributed by atoms with Crippen LogP contribution < -0.4 is 0 Å². The molecule has 3 nitrogen and oxygen atoms in total. The van der Waals surface area contributed by atoms with Crippen molar-refractivity contribution < 1.29 is 18.0 Å². The van der Waals surface area contributed by atoms with Gasteiger partial charge in [0.1, 0.15) is 0 Å². The fourth-order valence-electron chi connectivity index (χ4n) is 1.97. The summed E-state index contributed by atoms with van der Waals surface area (Å²) in [6.07, 6.45) is -1.63. The first-order valence-corrected chi connectivity index (χ1v) is 9.53. The van der Waals surface area contributed by atoms with Crippen molar-refractivity contribution in [3.05, 3.63) is 53.7 Å². The minimum Gasteiger partial charge on any atom is -0.341 e. The molecule has 1 heterocycles. The van der Waals surface area contributed by atoms with Crippen molar-refractivity contribution in [2.75, 3.05) is 19.1 Å². The number of aromatic nitrogens is 1. The van der Waals surface area contributed by atoms with Crippen LogP contribution >= 0.6 is 23.5 Å². The number of carbonyl (C=O) groups excluding carboxylic acids is 1. The summed E-state index contributed by atoms with van der Waals surface area (Å²) in [5.74, 6) is 0.0123. The summed E-state index contributed by atoms with van der Waals surface area (Å²) in [6, 6.07) is 10.2. The van der Waals surface area contributed by atoms with Crippen LogP contribution in [0.15, 0.2) is 52.5 Å². The Bertz CT molecular complexity index is 703. The molecule has 0 spiro atoms. The van der Waals surface area contributed by atoms with E-state index in [0.29, 0.717) is 11.6 Å². The average Bonchev–Trinajstić information content (AvgIpc) is 2.60. The van der Waals surface area contributed by atoms with Crippen LogP contribution in [0.2, 0.25) is 0 Å². The number of pyridine rings is 1. The lowest BCUT2D eigenvalue weighted by Crippen LogP contribution is -2.27. The zero-order valence-corrected chi connectivity index (χ0v) is 15.3. The van der Waals surface area contributed by atoms with Gasteiger partial charge < -0.3 is 4.90 Å². The molecule has 0 unspecified atom stereocenters. The van der Waals surface area contributed by atoms with Crippen molar-refractivity contribution >= 4 is 29.4 Å². The molecule has 1 aromatic carbocycles. The Kier molecular flexibility index (Phi) is 6.78. The van der Waals surface area contributed by atoms with E-state index in [0.717, 1.165) is 34.5 Å². The Morgan fingerprint density at radius 3 is 2.36 bits per heavy atom. The average molecular weight is 386 g/mol. The molecular weight excluding hydrogens is 369 g/mol. The maximum absolute atomic E-state index is 12.5. The van der Waals surface area contributed by atoms with E-state index in [1.807, 2.05) is 30.5 Å². The maximum atomic E-state index is 12.5. The monoisotopic (exact) mass is 386 g/mol. The summed E-state index contributed by atoms with van der Waals surface area (Å²) in [5, 5.41) is 0.388. The van der Waals surface area contributed by atoms with Gasteiger partial charge in [-0.1, -0.05) is 23.9 Å². The van der Waals surface area contributed by atoms with Gasteiger partial charge in [0.05, 0.1) is 16.3 Å². The number of halogens is 3. The molecule has 2 rings (SSSR count). The molecule has 8 heteroatoms. The highest BCUT2D eigenvalue weighted by Gasteiger charge is 2.30. The van der Waals surface area contributed by atoms with Crippen LogP contribution in [0.3, 0.4) is 0 Å². The van der Waals surface area contributed by atoms with Gasteiger partial charge in [-0.05, 0) is 36.1 Å². The molecule has 0 N–H and O–H groups in total. The fourth-order valence-corrected chi connectivity index (χ4v) is 3.16. The molecule has 0 aliphatic carbocycles. The van der Waals surface area contributed by atoms with Gasteiger partial charge in [-0.25, -0.2) is 4.98 Å². The van der Waals surface area contributed by atoms with Crippen molar-refractivity contribution in [2.45, 2.75) is 22.6 Å². The summed E-state index contributed by atoms with van der Waals surface area (Å²) in [4.78, 5) is 18.7. The highest BCUT2D eigenvalue weighted by Crippen LogP contribution is 2.29. The molecular formula is C17H17F3N2OS2. The Hall–Kier alpha value is -1.67. The van der Waals surface area contributed by atoms with Gasteiger partial charge in [0.15, 0.2) is 0 Å². The largest absolute Gasteiger partial charge is 0.417 e. The summed E-state index contributed by atoms with van der Waals surface area (Å²) in [5.41, 5.74) is 0.222. The van der Waals surface area contributed by atoms with Gasteiger partial charge >= 0.3 is 6.18 Å². The number of nitrogens with zero attached hydrogens (tertiary/aromatic N) is 2. The van der Waals surface area contributed by atoms with E-state index in [9.17, 15) is 18.0 Å². The molecule has 134 valence electrons. The van der Waals surface area contributed by atoms with Gasteiger partial charge in [-0.15, -0.1) is 11.8 Å². The van der Waals surface area contributed by atoms with E-state index in [-0.39, 0.29) is 11.7 Å². The Balaban J connectivity index is 1.86. The van der Waals surface area contributed by atoms with Crippen LogP contribution in [0.4, 0.5) is 13.2 Å². The fraction of sp³-hybridized carbons (Fsp3) is 0.294. The van der Waals surface area contributed by atoms with Crippen LogP contribution in [0.1, 0.15) is 11.1 Å². The highest BCUT2D eigenvalue weighted by molar-refractivity contribution is 7.99. The SMILES string of the molecule is CSc1ccc(CN(C)C(=O)CSc2ccc(C(F)(F)F)cn2)cc1. The van der Waals surface area contributed by atoms with Crippen molar-refractivity contribution in [2.24, 2.45) is 0 Å². The summed E-state index contributed by atoms with van der Waals surface area (Å²) in [7, 11) is 1.70. The lowest BCUT2D eigenvalue weighted by Gasteiger charge is -2.17. The highest BCUT2D eigenvalue weighted by atomic mass is 32.2. The number of rotatable bonds is 6. The second kappa shape index (κ2) is 8.62. The van der Waals surface area contributed by atoms with Gasteiger partial charge in [0.25, 0.3) is 0 Å². The van der Waals surface area contributed by atoms with E-state index in [1.165, 1.54) is 6.07 Å². The minimum absolute atomic E-state index is 0.111. The quantitative estimate of drug-likeness (QED) is 0.681. The first-order valence-electron chi connectivity index (χ1n) is 7.32. The van der Waals surface area contributed by atoms with E-state index in [2.05, 4.69) is 4.98 Å². The molecule has 2 aromatic rings. The van der Waals surface area contributed by atoms with Gasteiger partial charge in [0, 0.05) is 24.7 Å². The minimum atomic E-state index is -4.40. The van der Waals surface area contributed by atoms with Crippen molar-refractivity contribution in [1.29, 1.82) is 0 Å². The Labute approximate surface area is 153 Å². The number of hydrogen-bond donors (Lipinski definition) is 0. The lowest BCUT2D eigenvalue weighted by atomic mass is 10.2. The Morgan fingerprint density at radius 2 is 1.84 bits per heavy atom. The van der Waals surface area contributed by atoms with Crippen LogP contribution in [-0.2, 0) is 17.5 Å². The molecule has 0 atom stereocenters. The van der Waals surface area contributed by atoms with Crippen LogP contribution in [0.25, 0.3) is 0 Å². The van der Waals surface area contributed by atoms with Gasteiger partial charge in [0.2, 0.25) is 5.91 Å². The second-order valence-corrected chi connectivity index (χ2v) is 7.14. The van der Waals surface area contributed by atoms with Crippen molar-refractivity contribution in [3.63, 3.8) is 0 Å². The molecule has 1 amide bonds. The van der Waals surface area contributed by atoms with Crippen LogP contribution in [0.5, 0.6) is 0 Å². The third-order valence-corrected chi connectivity index (χ3v) is 5.08. The number of carbonyl (C=O) groups is 1. The molecule has 0 saturated carbocycles. The van der Waals surface area contributed by atoms with Crippen LogP contribution in [-0.4, -0.2) is 34.8 Å². The number of thioether (sulfide) groups is 2. The smallest absolute Gasteiger partial charge is 0.341 e. The molecule has 0 radical (unpaired) electrons. The number of benzene rings is 1. The third-order valence-electron chi connectivity index (χ3n) is 3.41. The molecule has 1 aromatic heterocycles. The van der Waals surface area contributed by atoms with Crippen molar-refractivity contribution in [3.8, 4) is 0 Å². The van der Waals surface area contributed by atoms with Crippen LogP contribution in [0, 0.1) is 0 Å². The molecule has 0 fully saturated rings. The lowest BCUT2D eigenvalue weighted by molar-refractivity contribution is -0.138. The Morgan fingerprint density at radius 1 is 1.16 bits per heavy atom. The zero-order valence-electron chi connectivity index (χ0n) is 13.7. The van der Waals surface area contributed by atoms with Crippen molar-refractivity contribution in [1.82, 2.24) is 9.88 Å². The third kappa shape index (κ3) is 5.97. The van der Waals surface area contributed by atoms with Gasteiger partial charge in [-0.3, -0.25) is 4.79 Å². The summed E-state index contributed by atoms with van der Waals surface area (Å²) >= 11 is 2.77. The predicted octanol–water partition coefficient (Wildman–Crippen LogP) is 4.57. The number of alkyl halides is 3. The van der Waals surface area contributed by atoms with E-state index >= 15 is 0 Å². The van der Waals surface area contributed by atoms with E-state index < -0.39 is 11.7 Å². The second-order valence-electron chi connectivity index (χ2n) is 5.27. The number of amides is 1. The van der Waals surface area contributed by atoms with E-state index in [4.69, 9.17) is 0 Å². The predicted molar refractivity (Wildman–Crippen MR) is 94.7 cm³/mol.